The van der Waals surface area contributed by atoms with E-state index in [4.69, 9.17) is 4.74 Å². The summed E-state index contributed by atoms with van der Waals surface area (Å²) in [6.07, 6.45) is 1.80. The van der Waals surface area contributed by atoms with E-state index in [2.05, 4.69) is 5.32 Å². The van der Waals surface area contributed by atoms with Crippen molar-refractivity contribution in [2.75, 3.05) is 17.2 Å². The molecule has 0 spiro atoms. The lowest BCUT2D eigenvalue weighted by molar-refractivity contribution is -0.122. The highest BCUT2D eigenvalue weighted by Gasteiger charge is 2.30. The number of amides is 1. The molecule has 0 saturated heterocycles. The molecule has 2 atom stereocenters. The lowest BCUT2D eigenvalue weighted by Gasteiger charge is -2.30. The number of nitrogens with one attached hydrogen (secondary N) is 1. The molecule has 152 valence electrons. The summed E-state index contributed by atoms with van der Waals surface area (Å²) in [5.41, 5.74) is 1.40. The van der Waals surface area contributed by atoms with Crippen LogP contribution in [0.5, 0.6) is 5.75 Å². The molecule has 2 aromatic carbocycles. The number of hydrogen-bond donors (Lipinski definition) is 1. The summed E-state index contributed by atoms with van der Waals surface area (Å²) in [5, 5.41) is 2.97. The van der Waals surface area contributed by atoms with Gasteiger partial charge in [0.25, 0.3) is 0 Å². The van der Waals surface area contributed by atoms with Gasteiger partial charge in [0.1, 0.15) is 11.8 Å². The van der Waals surface area contributed by atoms with Gasteiger partial charge < -0.3 is 10.1 Å². The van der Waals surface area contributed by atoms with E-state index in [9.17, 15) is 13.2 Å². The molecule has 2 rings (SSSR count). The fourth-order valence-corrected chi connectivity index (χ4v) is 4.24. The number of hydrogen-bond acceptors (Lipinski definition) is 4. The lowest BCUT2D eigenvalue weighted by Crippen LogP contribution is -2.48. The van der Waals surface area contributed by atoms with Crippen LogP contribution in [0.25, 0.3) is 0 Å². The number of carbonyl (C=O) groups is 1. The number of carbonyl (C=O) groups excluding carboxylic acids is 1. The molecule has 0 aromatic heterocycles. The quantitative estimate of drug-likeness (QED) is 0.694. The van der Waals surface area contributed by atoms with Crippen molar-refractivity contribution < 1.29 is 17.9 Å². The third kappa shape index (κ3) is 5.48. The van der Waals surface area contributed by atoms with Gasteiger partial charge in [-0.2, -0.15) is 0 Å². The Hall–Kier alpha value is -2.54. The van der Waals surface area contributed by atoms with Crippen molar-refractivity contribution in [2.45, 2.75) is 39.3 Å². The number of benzene rings is 2. The fraction of sp³-hybridized carbons (Fsp3) is 0.381. The Balaban J connectivity index is 2.24. The van der Waals surface area contributed by atoms with Crippen molar-refractivity contribution in [1.29, 1.82) is 0 Å². The first kappa shape index (κ1) is 21.8. The maximum Gasteiger partial charge on any atom is 0.244 e. The second-order valence-corrected chi connectivity index (χ2v) is 8.40. The van der Waals surface area contributed by atoms with Crippen LogP contribution in [0.3, 0.4) is 0 Å². The molecule has 0 aliphatic carbocycles. The topological polar surface area (TPSA) is 75.7 Å². The minimum absolute atomic E-state index is 0.183. The molecule has 28 heavy (non-hydrogen) atoms. The van der Waals surface area contributed by atoms with Crippen molar-refractivity contribution in [2.24, 2.45) is 0 Å². The number of rotatable bonds is 9. The highest BCUT2D eigenvalue weighted by atomic mass is 32.2. The Morgan fingerprint density at radius 1 is 1.07 bits per heavy atom. The SMILES string of the molecule is CCOc1ccc(N([C@H](C)C(=O)N[C@@H](CC)c2ccccc2)S(C)(=O)=O)cc1. The molecule has 0 aliphatic heterocycles. The second kappa shape index (κ2) is 9.59. The smallest absolute Gasteiger partial charge is 0.244 e. The molecule has 0 radical (unpaired) electrons. The minimum atomic E-state index is -3.66. The summed E-state index contributed by atoms with van der Waals surface area (Å²) in [5.74, 6) is 0.293. The Morgan fingerprint density at radius 2 is 1.68 bits per heavy atom. The van der Waals surface area contributed by atoms with Gasteiger partial charge in [-0.05, 0) is 50.1 Å². The summed E-state index contributed by atoms with van der Waals surface area (Å²) in [7, 11) is -3.66. The normalized spacial score (nSPS) is 13.4. The molecule has 0 unspecified atom stereocenters. The van der Waals surface area contributed by atoms with E-state index in [1.165, 1.54) is 0 Å². The highest BCUT2D eigenvalue weighted by Crippen LogP contribution is 2.25. The number of anilines is 1. The number of sulfonamides is 1. The highest BCUT2D eigenvalue weighted by molar-refractivity contribution is 7.92. The molecule has 1 amide bonds. The summed E-state index contributed by atoms with van der Waals surface area (Å²) in [4.78, 5) is 12.9. The van der Waals surface area contributed by atoms with Crippen molar-refractivity contribution in [3.05, 3.63) is 60.2 Å². The molecule has 0 fully saturated rings. The van der Waals surface area contributed by atoms with Gasteiger partial charge in [0.05, 0.1) is 24.6 Å². The molecule has 0 heterocycles. The molecule has 1 N–H and O–H groups in total. The summed E-state index contributed by atoms with van der Waals surface area (Å²) < 4.78 is 31.4. The average molecular weight is 405 g/mol. The standard InChI is InChI=1S/C21H28N2O4S/c1-5-20(17-10-8-7-9-11-17)22-21(24)16(3)23(28(4,25)26)18-12-14-19(15-13-18)27-6-2/h7-16,20H,5-6H2,1-4H3,(H,22,24)/t16-,20+/m1/s1. The monoisotopic (exact) mass is 404 g/mol. The first-order valence-corrected chi connectivity index (χ1v) is 11.2. The predicted octanol–water partition coefficient (Wildman–Crippen LogP) is 3.51. The molecular formula is C21H28N2O4S. The minimum Gasteiger partial charge on any atom is -0.494 e. The Bertz CT molecular complexity index is 867. The third-order valence-corrected chi connectivity index (χ3v) is 5.66. The lowest BCUT2D eigenvalue weighted by atomic mass is 10.0. The van der Waals surface area contributed by atoms with Crippen molar-refractivity contribution in [1.82, 2.24) is 5.32 Å². The van der Waals surface area contributed by atoms with Crippen LogP contribution in [0, 0.1) is 0 Å². The van der Waals surface area contributed by atoms with E-state index in [1.54, 1.807) is 31.2 Å². The molecule has 0 saturated carbocycles. The van der Waals surface area contributed by atoms with Crippen LogP contribution in [-0.2, 0) is 14.8 Å². The first-order chi connectivity index (χ1) is 13.3. The predicted molar refractivity (Wildman–Crippen MR) is 112 cm³/mol. The second-order valence-electron chi connectivity index (χ2n) is 6.54. The molecule has 0 bridgehead atoms. The van der Waals surface area contributed by atoms with Gasteiger partial charge in [-0.15, -0.1) is 0 Å². The van der Waals surface area contributed by atoms with Crippen LogP contribution in [0.4, 0.5) is 5.69 Å². The first-order valence-electron chi connectivity index (χ1n) is 9.35. The van der Waals surface area contributed by atoms with Crippen LogP contribution in [0.2, 0.25) is 0 Å². The van der Waals surface area contributed by atoms with Gasteiger partial charge in [-0.3, -0.25) is 9.10 Å². The molecular weight excluding hydrogens is 376 g/mol. The van der Waals surface area contributed by atoms with Crippen LogP contribution < -0.4 is 14.4 Å². The maximum absolute atomic E-state index is 12.9. The molecule has 6 nitrogen and oxygen atoms in total. The summed E-state index contributed by atoms with van der Waals surface area (Å²) in [6.45, 7) is 5.96. The van der Waals surface area contributed by atoms with Crippen LogP contribution in [-0.4, -0.2) is 33.2 Å². The van der Waals surface area contributed by atoms with E-state index in [1.807, 2.05) is 44.2 Å². The third-order valence-electron chi connectivity index (χ3n) is 4.42. The van der Waals surface area contributed by atoms with Crippen LogP contribution in [0.1, 0.15) is 38.8 Å². The summed E-state index contributed by atoms with van der Waals surface area (Å²) in [6, 6.07) is 15.2. The number of nitrogens with zero attached hydrogens (tertiary/aromatic N) is 1. The van der Waals surface area contributed by atoms with E-state index < -0.39 is 16.1 Å². The van der Waals surface area contributed by atoms with E-state index >= 15 is 0 Å². The molecule has 2 aromatic rings. The van der Waals surface area contributed by atoms with Crippen molar-refractivity contribution >= 4 is 21.6 Å². The maximum atomic E-state index is 12.9. The zero-order chi connectivity index (χ0) is 20.7. The van der Waals surface area contributed by atoms with Gasteiger partial charge in [-0.1, -0.05) is 37.3 Å². The van der Waals surface area contributed by atoms with Gasteiger partial charge in [0.15, 0.2) is 0 Å². The largest absolute Gasteiger partial charge is 0.494 e. The van der Waals surface area contributed by atoms with Gasteiger partial charge in [0.2, 0.25) is 15.9 Å². The number of ether oxygens (including phenoxy) is 1. The average Bonchev–Trinajstić information content (AvgIpc) is 2.67. The van der Waals surface area contributed by atoms with Gasteiger partial charge >= 0.3 is 0 Å². The Labute approximate surface area is 167 Å². The van der Waals surface area contributed by atoms with Crippen LogP contribution >= 0.6 is 0 Å². The molecule has 7 heteroatoms. The Morgan fingerprint density at radius 3 is 2.18 bits per heavy atom. The van der Waals surface area contributed by atoms with E-state index in [0.29, 0.717) is 24.5 Å². The van der Waals surface area contributed by atoms with E-state index in [0.717, 1.165) is 16.1 Å². The van der Waals surface area contributed by atoms with Crippen molar-refractivity contribution in [3.8, 4) is 5.75 Å². The fourth-order valence-electron chi connectivity index (χ4n) is 3.06. The van der Waals surface area contributed by atoms with Gasteiger partial charge in [-0.25, -0.2) is 8.42 Å². The van der Waals surface area contributed by atoms with Crippen LogP contribution in [0.15, 0.2) is 54.6 Å². The van der Waals surface area contributed by atoms with Gasteiger partial charge in [0, 0.05) is 0 Å². The Kier molecular flexibility index (Phi) is 7.45. The van der Waals surface area contributed by atoms with E-state index in [-0.39, 0.29) is 11.9 Å². The zero-order valence-electron chi connectivity index (χ0n) is 16.8. The zero-order valence-corrected chi connectivity index (χ0v) is 17.6. The summed E-state index contributed by atoms with van der Waals surface area (Å²) >= 11 is 0. The molecule has 0 aliphatic rings. The van der Waals surface area contributed by atoms with Crippen molar-refractivity contribution in [3.63, 3.8) is 0 Å².